The lowest BCUT2D eigenvalue weighted by atomic mass is 10.1. The molecule has 0 aliphatic carbocycles. The van der Waals surface area contributed by atoms with Crippen LogP contribution in [0.1, 0.15) is 24.6 Å². The highest BCUT2D eigenvalue weighted by molar-refractivity contribution is 7.99. The lowest BCUT2D eigenvalue weighted by Crippen LogP contribution is -2.34. The third kappa shape index (κ3) is 5.19. The second-order valence-electron chi connectivity index (χ2n) is 6.13. The molecule has 2 heterocycles. The van der Waals surface area contributed by atoms with Crippen molar-refractivity contribution in [3.8, 4) is 0 Å². The largest absolute Gasteiger partial charge is 0.353 e. The Morgan fingerprint density at radius 2 is 2.15 bits per heavy atom. The number of amides is 1. The van der Waals surface area contributed by atoms with Crippen LogP contribution in [0.25, 0.3) is 4.96 Å². The van der Waals surface area contributed by atoms with E-state index in [9.17, 15) is 9.59 Å². The quantitative estimate of drug-likeness (QED) is 0.645. The van der Waals surface area contributed by atoms with E-state index in [0.29, 0.717) is 22.2 Å². The van der Waals surface area contributed by atoms with Crippen molar-refractivity contribution in [2.45, 2.75) is 31.6 Å². The van der Waals surface area contributed by atoms with Gasteiger partial charge >= 0.3 is 0 Å². The van der Waals surface area contributed by atoms with Crippen molar-refractivity contribution in [2.24, 2.45) is 0 Å². The van der Waals surface area contributed by atoms with Crippen LogP contribution in [-0.4, -0.2) is 27.1 Å². The van der Waals surface area contributed by atoms with Gasteiger partial charge in [0.25, 0.3) is 5.56 Å². The third-order valence-electron chi connectivity index (χ3n) is 3.96. The van der Waals surface area contributed by atoms with E-state index in [4.69, 9.17) is 0 Å². The Hall–Kier alpha value is -2.12. The van der Waals surface area contributed by atoms with Gasteiger partial charge in [0.1, 0.15) is 0 Å². The molecule has 5 nitrogen and oxygen atoms in total. The molecule has 1 amide bonds. The smallest absolute Gasteiger partial charge is 0.258 e. The van der Waals surface area contributed by atoms with Gasteiger partial charge in [0.2, 0.25) is 5.91 Å². The summed E-state index contributed by atoms with van der Waals surface area (Å²) < 4.78 is 1.53. The number of aromatic nitrogens is 2. The molecule has 1 N–H and O–H groups in total. The van der Waals surface area contributed by atoms with Crippen LogP contribution in [0.3, 0.4) is 0 Å². The Labute approximate surface area is 160 Å². The number of nitrogens with zero attached hydrogens (tertiary/aromatic N) is 2. The zero-order valence-corrected chi connectivity index (χ0v) is 16.2. The van der Waals surface area contributed by atoms with E-state index in [1.165, 1.54) is 39.1 Å². The molecule has 1 atom stereocenters. The molecule has 0 aliphatic rings. The summed E-state index contributed by atoms with van der Waals surface area (Å²) in [5.74, 6) is 0.931. The summed E-state index contributed by atoms with van der Waals surface area (Å²) in [7, 11) is 0. The van der Waals surface area contributed by atoms with Crippen molar-refractivity contribution in [1.29, 1.82) is 0 Å². The zero-order valence-electron chi connectivity index (χ0n) is 14.6. The van der Waals surface area contributed by atoms with Gasteiger partial charge in [0, 0.05) is 29.4 Å². The molecule has 0 spiro atoms. The summed E-state index contributed by atoms with van der Waals surface area (Å²) in [5, 5.41) is 4.87. The van der Waals surface area contributed by atoms with Crippen molar-refractivity contribution < 1.29 is 4.79 Å². The predicted octanol–water partition coefficient (Wildman–Crippen LogP) is 3.13. The van der Waals surface area contributed by atoms with Gasteiger partial charge in [-0.3, -0.25) is 14.0 Å². The van der Waals surface area contributed by atoms with Gasteiger partial charge in [-0.25, -0.2) is 4.98 Å². The van der Waals surface area contributed by atoms with Crippen molar-refractivity contribution in [1.82, 2.24) is 14.7 Å². The van der Waals surface area contributed by atoms with E-state index in [2.05, 4.69) is 22.4 Å². The summed E-state index contributed by atoms with van der Waals surface area (Å²) in [6.07, 6.45) is 3.58. The second-order valence-corrected chi connectivity index (χ2v) is 7.99. The SMILES string of the molecule is C[C@@H](CCc1ccccc1)NC(=O)CSCc1cc(=O)n2ccsc2n1. The highest BCUT2D eigenvalue weighted by atomic mass is 32.2. The number of thioether (sulfide) groups is 1. The standard InChI is InChI=1S/C19H21N3O2S2/c1-14(7-8-15-5-3-2-4-6-15)20-17(23)13-25-12-16-11-18(24)22-9-10-26-19(22)21-16/h2-6,9-11,14H,7-8,12-13H2,1H3,(H,20,23)/t14-/m0/s1. The van der Waals surface area contributed by atoms with Crippen LogP contribution in [-0.2, 0) is 17.0 Å². The van der Waals surface area contributed by atoms with Gasteiger partial charge in [0.15, 0.2) is 4.96 Å². The van der Waals surface area contributed by atoms with E-state index in [1.54, 1.807) is 6.20 Å². The molecule has 0 fully saturated rings. The molecule has 0 saturated carbocycles. The molecule has 1 aromatic carbocycles. The lowest BCUT2D eigenvalue weighted by molar-refractivity contribution is -0.119. The Balaban J connectivity index is 1.41. The number of fused-ring (bicyclic) bond motifs is 1. The van der Waals surface area contributed by atoms with E-state index < -0.39 is 0 Å². The maximum atomic E-state index is 12.1. The topological polar surface area (TPSA) is 63.5 Å². The highest BCUT2D eigenvalue weighted by Gasteiger charge is 2.09. The minimum Gasteiger partial charge on any atom is -0.353 e. The predicted molar refractivity (Wildman–Crippen MR) is 108 cm³/mol. The van der Waals surface area contributed by atoms with Crippen LogP contribution >= 0.6 is 23.1 Å². The maximum absolute atomic E-state index is 12.1. The van der Waals surface area contributed by atoms with E-state index in [0.717, 1.165) is 12.8 Å². The zero-order chi connectivity index (χ0) is 18.4. The molecule has 0 bridgehead atoms. The molecular formula is C19H21N3O2S2. The van der Waals surface area contributed by atoms with E-state index in [1.807, 2.05) is 30.5 Å². The summed E-state index contributed by atoms with van der Waals surface area (Å²) in [6, 6.07) is 11.9. The van der Waals surface area contributed by atoms with Crippen LogP contribution < -0.4 is 10.9 Å². The fourth-order valence-electron chi connectivity index (χ4n) is 2.63. The van der Waals surface area contributed by atoms with Crippen LogP contribution in [0.5, 0.6) is 0 Å². The Kier molecular flexibility index (Phi) is 6.46. The summed E-state index contributed by atoms with van der Waals surface area (Å²) in [6.45, 7) is 2.03. The van der Waals surface area contributed by atoms with E-state index >= 15 is 0 Å². The summed E-state index contributed by atoms with van der Waals surface area (Å²) >= 11 is 2.90. The number of rotatable bonds is 8. The molecule has 136 valence electrons. The number of aryl methyl sites for hydroxylation is 1. The molecule has 7 heteroatoms. The molecule has 0 saturated heterocycles. The van der Waals surface area contributed by atoms with Gasteiger partial charge in [0.05, 0.1) is 11.4 Å². The maximum Gasteiger partial charge on any atom is 0.258 e. The van der Waals surface area contributed by atoms with Crippen LogP contribution in [0, 0.1) is 0 Å². The third-order valence-corrected chi connectivity index (χ3v) is 5.68. The first-order valence-corrected chi connectivity index (χ1v) is 10.5. The first-order chi connectivity index (χ1) is 12.6. The van der Waals surface area contributed by atoms with E-state index in [-0.39, 0.29) is 17.5 Å². The molecule has 3 aromatic rings. The number of hydrogen-bond acceptors (Lipinski definition) is 5. The Morgan fingerprint density at radius 3 is 2.96 bits per heavy atom. The fourth-order valence-corrected chi connectivity index (χ4v) is 4.09. The van der Waals surface area contributed by atoms with Gasteiger partial charge in [-0.15, -0.1) is 23.1 Å². The monoisotopic (exact) mass is 387 g/mol. The molecule has 0 radical (unpaired) electrons. The Morgan fingerprint density at radius 1 is 1.35 bits per heavy atom. The molecule has 0 aliphatic heterocycles. The van der Waals surface area contributed by atoms with Crippen molar-refractivity contribution in [3.05, 3.63) is 69.6 Å². The minimum atomic E-state index is -0.0779. The van der Waals surface area contributed by atoms with Crippen molar-refractivity contribution in [3.63, 3.8) is 0 Å². The lowest BCUT2D eigenvalue weighted by Gasteiger charge is -2.13. The van der Waals surface area contributed by atoms with Gasteiger partial charge in [-0.1, -0.05) is 30.3 Å². The molecular weight excluding hydrogens is 366 g/mol. The molecule has 3 rings (SSSR count). The summed E-state index contributed by atoms with van der Waals surface area (Å²) in [5.41, 5.74) is 1.92. The number of carbonyl (C=O) groups is 1. The second kappa shape index (κ2) is 9.00. The molecule has 2 aromatic heterocycles. The molecule has 0 unspecified atom stereocenters. The van der Waals surface area contributed by atoms with Crippen molar-refractivity contribution >= 4 is 34.0 Å². The number of thiazole rings is 1. The van der Waals surface area contributed by atoms with Gasteiger partial charge < -0.3 is 5.32 Å². The number of benzene rings is 1. The number of carbonyl (C=O) groups excluding carboxylic acids is 1. The van der Waals surface area contributed by atoms with Crippen LogP contribution in [0.15, 0.2) is 52.8 Å². The number of hydrogen-bond donors (Lipinski definition) is 1. The average Bonchev–Trinajstić information content (AvgIpc) is 3.10. The molecule has 26 heavy (non-hydrogen) atoms. The number of nitrogens with one attached hydrogen (secondary N) is 1. The Bertz CT molecular complexity index is 921. The fraction of sp³-hybridized carbons (Fsp3) is 0.316. The first kappa shape index (κ1) is 18.7. The highest BCUT2D eigenvalue weighted by Crippen LogP contribution is 2.12. The van der Waals surface area contributed by atoms with Gasteiger partial charge in [-0.2, -0.15) is 0 Å². The van der Waals surface area contributed by atoms with Gasteiger partial charge in [-0.05, 0) is 25.3 Å². The van der Waals surface area contributed by atoms with Crippen LogP contribution in [0.4, 0.5) is 0 Å². The van der Waals surface area contributed by atoms with Crippen molar-refractivity contribution in [2.75, 3.05) is 5.75 Å². The van der Waals surface area contributed by atoms with Crippen LogP contribution in [0.2, 0.25) is 0 Å². The summed E-state index contributed by atoms with van der Waals surface area (Å²) in [4.78, 5) is 29.1. The normalized spacial score (nSPS) is 12.2. The first-order valence-electron chi connectivity index (χ1n) is 8.48. The average molecular weight is 388 g/mol. The minimum absolute atomic E-state index is 0.0180.